The van der Waals surface area contributed by atoms with Crippen LogP contribution in [0.15, 0.2) is 24.3 Å². The largest absolute Gasteiger partial charge is 0.490 e. The number of hydrogen-bond acceptors (Lipinski definition) is 4. The first-order chi connectivity index (χ1) is 27.2. The first-order valence-corrected chi connectivity index (χ1v) is 24.1. The van der Waals surface area contributed by atoms with Gasteiger partial charge in [0.15, 0.2) is 0 Å². The zero-order chi connectivity index (χ0) is 40.9. The maximum Gasteiger partial charge on any atom is 0.303 e. The molecule has 326 valence electrons. The molecule has 0 radical (unpaired) electrons. The molecule has 2 N–H and O–H groups in total. The average molecular weight is 787 g/mol. The van der Waals surface area contributed by atoms with Crippen LogP contribution in [0.4, 0.5) is 0 Å². The highest BCUT2D eigenvalue weighted by Crippen LogP contribution is 2.27. The van der Waals surface area contributed by atoms with Crippen molar-refractivity contribution in [1.82, 2.24) is 0 Å². The number of aliphatic carboxylic acids is 2. The second-order valence-electron chi connectivity index (χ2n) is 17.5. The van der Waals surface area contributed by atoms with Gasteiger partial charge in [-0.1, -0.05) is 169 Å². The number of benzene rings is 1. The number of carboxylic acids is 2. The Labute approximate surface area is 346 Å². The number of carbonyl (C=O) groups is 2. The zero-order valence-corrected chi connectivity index (χ0v) is 37.2. The van der Waals surface area contributed by atoms with E-state index in [4.69, 9.17) is 19.7 Å². The minimum atomic E-state index is -0.730. The molecule has 4 unspecified atom stereocenters. The van der Waals surface area contributed by atoms with Crippen LogP contribution < -0.4 is 9.47 Å². The fraction of sp³-hybridized carbons (Fsp3) is 0.840. The molecule has 0 bridgehead atoms. The van der Waals surface area contributed by atoms with E-state index in [9.17, 15) is 9.59 Å². The third kappa shape index (κ3) is 32.8. The van der Waals surface area contributed by atoms with Crippen LogP contribution in [0.5, 0.6) is 11.5 Å². The van der Waals surface area contributed by atoms with Gasteiger partial charge in [0.05, 0.1) is 12.2 Å². The van der Waals surface area contributed by atoms with Crippen molar-refractivity contribution < 1.29 is 29.3 Å². The Bertz CT molecular complexity index is 944. The molecule has 1 aromatic carbocycles. The molecule has 1 aromatic rings. The topological polar surface area (TPSA) is 93.1 Å². The van der Waals surface area contributed by atoms with Crippen molar-refractivity contribution in [2.75, 3.05) is 0 Å². The molecule has 0 aliphatic rings. The summed E-state index contributed by atoms with van der Waals surface area (Å²) in [6.45, 7) is 9.30. The summed E-state index contributed by atoms with van der Waals surface area (Å²) < 4.78 is 13.1. The predicted octanol–water partition coefficient (Wildman–Crippen LogP) is 15.9. The Morgan fingerprint density at radius 3 is 1.00 bits per heavy atom. The van der Waals surface area contributed by atoms with Crippen molar-refractivity contribution in [3.05, 3.63) is 24.3 Å². The smallest absolute Gasteiger partial charge is 0.303 e. The molecule has 6 heteroatoms. The molecule has 4 atom stereocenters. The SMILES string of the molecule is CCCCCCCCCCCCC(C)CCC(CCCCC(=O)O)Oc1ccc(OC(CCCCC(=O)O)CCC(C)CCCCCCCCCCCC)cc1. The van der Waals surface area contributed by atoms with Crippen LogP contribution >= 0.6 is 0 Å². The molecule has 0 fully saturated rings. The van der Waals surface area contributed by atoms with Crippen molar-refractivity contribution in [2.24, 2.45) is 11.8 Å². The second-order valence-corrected chi connectivity index (χ2v) is 17.5. The molecule has 0 saturated carbocycles. The van der Waals surface area contributed by atoms with E-state index in [1.807, 2.05) is 24.3 Å². The van der Waals surface area contributed by atoms with Crippen molar-refractivity contribution >= 4 is 11.9 Å². The summed E-state index contributed by atoms with van der Waals surface area (Å²) in [5.74, 6) is 1.54. The first-order valence-electron chi connectivity index (χ1n) is 24.1. The lowest BCUT2D eigenvalue weighted by atomic mass is 9.94. The van der Waals surface area contributed by atoms with Gasteiger partial charge in [0.2, 0.25) is 0 Å². The average Bonchev–Trinajstić information content (AvgIpc) is 3.17. The molecular weight excluding hydrogens is 697 g/mol. The number of ether oxygens (including phenoxy) is 2. The zero-order valence-electron chi connectivity index (χ0n) is 37.2. The van der Waals surface area contributed by atoms with E-state index in [-0.39, 0.29) is 25.0 Å². The Morgan fingerprint density at radius 1 is 0.411 bits per heavy atom. The van der Waals surface area contributed by atoms with E-state index in [0.717, 1.165) is 62.9 Å². The van der Waals surface area contributed by atoms with Crippen LogP contribution in [0.25, 0.3) is 0 Å². The van der Waals surface area contributed by atoms with Gasteiger partial charge in [0.1, 0.15) is 11.5 Å². The molecule has 0 saturated heterocycles. The van der Waals surface area contributed by atoms with Gasteiger partial charge in [0, 0.05) is 12.8 Å². The Hall–Kier alpha value is -2.24. The maximum atomic E-state index is 11.1. The fourth-order valence-electron chi connectivity index (χ4n) is 7.99. The number of hydrogen-bond donors (Lipinski definition) is 2. The van der Waals surface area contributed by atoms with Gasteiger partial charge in [-0.3, -0.25) is 9.59 Å². The van der Waals surface area contributed by atoms with Gasteiger partial charge < -0.3 is 19.7 Å². The molecule has 0 amide bonds. The van der Waals surface area contributed by atoms with E-state index >= 15 is 0 Å². The van der Waals surface area contributed by atoms with Crippen molar-refractivity contribution in [2.45, 2.75) is 258 Å². The third-order valence-corrected chi connectivity index (χ3v) is 11.8. The highest BCUT2D eigenvalue weighted by atomic mass is 16.5. The van der Waals surface area contributed by atoms with Crippen molar-refractivity contribution in [3.8, 4) is 11.5 Å². The molecular formula is C50H90O6. The molecule has 0 heterocycles. The van der Waals surface area contributed by atoms with Crippen LogP contribution in [0.3, 0.4) is 0 Å². The van der Waals surface area contributed by atoms with Gasteiger partial charge in [-0.05, 0) is 100 Å². The lowest BCUT2D eigenvalue weighted by Crippen LogP contribution is -2.19. The van der Waals surface area contributed by atoms with Crippen LogP contribution in [-0.4, -0.2) is 34.4 Å². The van der Waals surface area contributed by atoms with E-state index in [2.05, 4.69) is 27.7 Å². The number of unbranched alkanes of at least 4 members (excludes halogenated alkanes) is 20. The van der Waals surface area contributed by atoms with E-state index < -0.39 is 11.9 Å². The van der Waals surface area contributed by atoms with Crippen LogP contribution in [0, 0.1) is 11.8 Å². The third-order valence-electron chi connectivity index (χ3n) is 11.8. The summed E-state index contributed by atoms with van der Waals surface area (Å²) in [5.41, 5.74) is 0. The highest BCUT2D eigenvalue weighted by molar-refractivity contribution is 5.66. The Balaban J connectivity index is 2.58. The Kier molecular flexibility index (Phi) is 34.3. The van der Waals surface area contributed by atoms with Gasteiger partial charge >= 0.3 is 11.9 Å². The van der Waals surface area contributed by atoms with E-state index in [0.29, 0.717) is 24.7 Å². The van der Waals surface area contributed by atoms with Crippen LogP contribution in [0.1, 0.15) is 246 Å². The summed E-state index contributed by atoms with van der Waals surface area (Å²) in [7, 11) is 0. The van der Waals surface area contributed by atoms with Crippen LogP contribution in [0.2, 0.25) is 0 Å². The standard InChI is InChI=1S/C50H90O6/c1-5-7-9-11-13-15-17-19-21-23-29-43(3)35-37-45(31-25-27-33-49(51)52)55-47-39-41-48(42-40-47)56-46(32-26-28-34-50(53)54)38-36-44(4)30-24-22-20-18-16-14-12-10-8-6-2/h39-46H,5-38H2,1-4H3,(H,51,52)(H,53,54). The fourth-order valence-corrected chi connectivity index (χ4v) is 7.99. The first kappa shape index (κ1) is 51.8. The molecule has 56 heavy (non-hydrogen) atoms. The number of rotatable bonds is 42. The van der Waals surface area contributed by atoms with Crippen molar-refractivity contribution in [3.63, 3.8) is 0 Å². The molecule has 0 aromatic heterocycles. The molecule has 6 nitrogen and oxygen atoms in total. The summed E-state index contributed by atoms with van der Waals surface area (Å²) in [4.78, 5) is 22.2. The molecule has 0 aliphatic carbocycles. The van der Waals surface area contributed by atoms with Gasteiger partial charge in [-0.2, -0.15) is 0 Å². The lowest BCUT2D eigenvalue weighted by Gasteiger charge is -2.23. The highest BCUT2D eigenvalue weighted by Gasteiger charge is 2.16. The minimum Gasteiger partial charge on any atom is -0.490 e. The maximum absolute atomic E-state index is 11.1. The Morgan fingerprint density at radius 2 is 0.696 bits per heavy atom. The van der Waals surface area contributed by atoms with Gasteiger partial charge in [-0.15, -0.1) is 0 Å². The van der Waals surface area contributed by atoms with Crippen LogP contribution in [-0.2, 0) is 9.59 Å². The lowest BCUT2D eigenvalue weighted by molar-refractivity contribution is -0.138. The quantitative estimate of drug-likeness (QED) is 0.0641. The predicted molar refractivity (Wildman–Crippen MR) is 237 cm³/mol. The summed E-state index contributed by atoms with van der Waals surface area (Å²) in [5, 5.41) is 18.3. The van der Waals surface area contributed by atoms with E-state index in [1.54, 1.807) is 0 Å². The normalized spacial score (nSPS) is 13.6. The minimum absolute atomic E-state index is 0.0738. The summed E-state index contributed by atoms with van der Waals surface area (Å²) in [6.07, 6.45) is 39.5. The van der Waals surface area contributed by atoms with Gasteiger partial charge in [-0.25, -0.2) is 0 Å². The molecule has 0 aliphatic heterocycles. The summed E-state index contributed by atoms with van der Waals surface area (Å²) in [6, 6.07) is 8.06. The van der Waals surface area contributed by atoms with E-state index in [1.165, 1.54) is 141 Å². The second kappa shape index (κ2) is 37.1. The summed E-state index contributed by atoms with van der Waals surface area (Å²) >= 11 is 0. The molecule has 0 spiro atoms. The van der Waals surface area contributed by atoms with Gasteiger partial charge in [0.25, 0.3) is 0 Å². The van der Waals surface area contributed by atoms with Crippen molar-refractivity contribution in [1.29, 1.82) is 0 Å². The number of carboxylic acid groups (broad SMARTS) is 2. The monoisotopic (exact) mass is 787 g/mol. The molecule has 1 rings (SSSR count).